The highest BCUT2D eigenvalue weighted by Crippen LogP contribution is 2.35. The molecule has 36 heavy (non-hydrogen) atoms. The maximum Gasteiger partial charge on any atom is 0.281 e. The van der Waals surface area contributed by atoms with E-state index in [1.807, 2.05) is 0 Å². The molecule has 0 aliphatic heterocycles. The van der Waals surface area contributed by atoms with Gasteiger partial charge in [-0.15, -0.1) is 0 Å². The minimum atomic E-state index is -2.88. The number of amidine groups is 1. The Hall–Kier alpha value is -3.97. The Morgan fingerprint density at radius 3 is 2.61 bits per heavy atom. The van der Waals surface area contributed by atoms with Crippen molar-refractivity contribution < 1.29 is 23.0 Å². The monoisotopic (exact) mass is 516 g/mol. The first-order valence-corrected chi connectivity index (χ1v) is 11.1. The van der Waals surface area contributed by atoms with Crippen LogP contribution in [0.15, 0.2) is 52.6 Å². The molecular weight excluding hydrogens is 494 g/mol. The van der Waals surface area contributed by atoms with Crippen LogP contribution in [0.5, 0.6) is 5.75 Å². The minimum Gasteiger partial charge on any atom is -0.494 e. The molecule has 3 N–H and O–H groups in total. The molecule has 3 aromatic heterocycles. The lowest BCUT2D eigenvalue weighted by Gasteiger charge is -2.15. The number of hydrogen-bond donors (Lipinski definition) is 2. The number of nitrogens with two attached hydrogens (primary N) is 1. The summed E-state index contributed by atoms with van der Waals surface area (Å²) in [6.45, 7) is 1.74. The number of rotatable bonds is 7. The summed E-state index contributed by atoms with van der Waals surface area (Å²) in [5.41, 5.74) is 5.76. The van der Waals surface area contributed by atoms with Crippen LogP contribution < -0.4 is 16.0 Å². The van der Waals surface area contributed by atoms with Crippen molar-refractivity contribution in [1.29, 1.82) is 5.41 Å². The summed E-state index contributed by atoms with van der Waals surface area (Å²) in [5, 5.41) is 7.55. The molecule has 0 aliphatic rings. The fourth-order valence-corrected chi connectivity index (χ4v) is 3.72. The Balaban J connectivity index is 2.21. The SMILES string of the molecule is COCC(=N)SC(N)=NC(=O)c1cnc(-n2ccc(C)cc2=O)cc1-c1cc(C(F)F)ncc1OC. The van der Waals surface area contributed by atoms with Crippen molar-refractivity contribution in [3.63, 3.8) is 0 Å². The zero-order chi connectivity index (χ0) is 26.4. The average molecular weight is 517 g/mol. The number of alkyl halides is 2. The Morgan fingerprint density at radius 1 is 1.22 bits per heavy atom. The van der Waals surface area contributed by atoms with Crippen molar-refractivity contribution in [3.05, 3.63) is 70.0 Å². The summed E-state index contributed by atoms with van der Waals surface area (Å²) in [6, 6.07) is 5.58. The van der Waals surface area contributed by atoms with Gasteiger partial charge in [-0.3, -0.25) is 24.5 Å². The Kier molecular flexibility index (Phi) is 8.61. The van der Waals surface area contributed by atoms with E-state index < -0.39 is 18.0 Å². The van der Waals surface area contributed by atoms with E-state index in [0.29, 0.717) is 0 Å². The first-order chi connectivity index (χ1) is 17.1. The molecule has 0 aromatic carbocycles. The van der Waals surface area contributed by atoms with Gasteiger partial charge in [-0.25, -0.2) is 13.8 Å². The Bertz CT molecular complexity index is 1390. The van der Waals surface area contributed by atoms with Gasteiger partial charge in [-0.2, -0.15) is 4.99 Å². The van der Waals surface area contributed by atoms with Gasteiger partial charge in [-0.05, 0) is 42.4 Å². The van der Waals surface area contributed by atoms with Gasteiger partial charge in [0.2, 0.25) is 0 Å². The number of nitrogens with one attached hydrogen (secondary N) is 1. The number of aromatic nitrogens is 3. The second kappa shape index (κ2) is 11.6. The summed E-state index contributed by atoms with van der Waals surface area (Å²) in [5.74, 6) is -0.597. The van der Waals surface area contributed by atoms with Crippen LogP contribution in [0.2, 0.25) is 0 Å². The van der Waals surface area contributed by atoms with Crippen molar-refractivity contribution in [2.24, 2.45) is 10.7 Å². The molecule has 0 unspecified atom stereocenters. The largest absolute Gasteiger partial charge is 0.494 e. The van der Waals surface area contributed by atoms with Crippen molar-refractivity contribution in [3.8, 4) is 22.7 Å². The predicted octanol–water partition coefficient (Wildman–Crippen LogP) is 3.36. The number of aryl methyl sites for hydroxylation is 1. The molecule has 0 saturated carbocycles. The van der Waals surface area contributed by atoms with Crippen LogP contribution in [-0.2, 0) is 4.74 Å². The highest BCUT2D eigenvalue weighted by molar-refractivity contribution is 8.26. The molecule has 10 nitrogen and oxygen atoms in total. The van der Waals surface area contributed by atoms with Gasteiger partial charge < -0.3 is 15.2 Å². The van der Waals surface area contributed by atoms with Gasteiger partial charge in [0.15, 0.2) is 5.17 Å². The van der Waals surface area contributed by atoms with Crippen molar-refractivity contribution >= 4 is 27.9 Å². The van der Waals surface area contributed by atoms with Crippen molar-refractivity contribution in [1.82, 2.24) is 14.5 Å². The fourth-order valence-electron chi connectivity index (χ4n) is 3.16. The van der Waals surface area contributed by atoms with Gasteiger partial charge in [0.25, 0.3) is 17.9 Å². The van der Waals surface area contributed by atoms with Crippen molar-refractivity contribution in [2.45, 2.75) is 13.3 Å². The maximum atomic E-state index is 13.4. The summed E-state index contributed by atoms with van der Waals surface area (Å²) in [7, 11) is 2.73. The number of methoxy groups -OCH3 is 2. The predicted molar refractivity (Wildman–Crippen MR) is 132 cm³/mol. The van der Waals surface area contributed by atoms with E-state index in [1.54, 1.807) is 13.0 Å². The number of halogens is 2. The first kappa shape index (κ1) is 26.6. The molecule has 0 atom stereocenters. The molecule has 0 spiro atoms. The highest BCUT2D eigenvalue weighted by atomic mass is 32.2. The van der Waals surface area contributed by atoms with Gasteiger partial charge >= 0.3 is 0 Å². The number of carbonyl (C=O) groups is 1. The zero-order valence-corrected chi connectivity index (χ0v) is 20.3. The van der Waals surface area contributed by atoms with Crippen molar-refractivity contribution in [2.75, 3.05) is 20.8 Å². The van der Waals surface area contributed by atoms with Crippen LogP contribution in [0.25, 0.3) is 16.9 Å². The lowest BCUT2D eigenvalue weighted by Crippen LogP contribution is -2.19. The number of carbonyl (C=O) groups excluding carboxylic acids is 1. The Labute approximate surface area is 208 Å². The van der Waals surface area contributed by atoms with E-state index in [1.165, 1.54) is 43.3 Å². The molecule has 0 radical (unpaired) electrons. The molecule has 1 amide bonds. The maximum absolute atomic E-state index is 13.4. The number of amides is 1. The fraction of sp³-hybridized carbons (Fsp3) is 0.217. The van der Waals surface area contributed by atoms with E-state index in [0.717, 1.165) is 29.6 Å². The van der Waals surface area contributed by atoms with Gasteiger partial charge in [0, 0.05) is 36.7 Å². The number of ether oxygens (including phenoxy) is 2. The molecule has 0 bridgehead atoms. The van der Waals surface area contributed by atoms with Crippen LogP contribution in [0.3, 0.4) is 0 Å². The van der Waals surface area contributed by atoms with Crippen LogP contribution >= 0.6 is 11.8 Å². The van der Waals surface area contributed by atoms with E-state index in [-0.39, 0.29) is 50.6 Å². The number of nitrogens with zero attached hydrogens (tertiary/aromatic N) is 4. The minimum absolute atomic E-state index is 0.0213. The second-order valence-corrected chi connectivity index (χ2v) is 8.44. The van der Waals surface area contributed by atoms with Gasteiger partial charge in [0.05, 0.1) is 30.5 Å². The van der Waals surface area contributed by atoms with E-state index in [9.17, 15) is 18.4 Å². The average Bonchev–Trinajstić information content (AvgIpc) is 2.83. The van der Waals surface area contributed by atoms with Crippen LogP contribution in [-0.4, -0.2) is 51.5 Å². The summed E-state index contributed by atoms with van der Waals surface area (Å²) >= 11 is 0.732. The third-order valence-electron chi connectivity index (χ3n) is 4.78. The summed E-state index contributed by atoms with van der Waals surface area (Å²) < 4.78 is 38.3. The smallest absolute Gasteiger partial charge is 0.281 e. The highest BCUT2D eigenvalue weighted by Gasteiger charge is 2.21. The third kappa shape index (κ3) is 6.17. The van der Waals surface area contributed by atoms with Gasteiger partial charge in [-0.1, -0.05) is 0 Å². The third-order valence-corrected chi connectivity index (χ3v) is 5.44. The summed E-state index contributed by atoms with van der Waals surface area (Å²) in [4.78, 5) is 37.3. The van der Waals surface area contributed by atoms with E-state index in [2.05, 4.69) is 15.0 Å². The van der Waals surface area contributed by atoms with Gasteiger partial charge in [0.1, 0.15) is 17.3 Å². The molecule has 188 valence electrons. The Morgan fingerprint density at radius 2 is 1.97 bits per heavy atom. The molecule has 0 aliphatic carbocycles. The number of aliphatic imine (C=N–C) groups is 1. The lowest BCUT2D eigenvalue weighted by molar-refractivity contribution is 0.100. The van der Waals surface area contributed by atoms with E-state index >= 15 is 0 Å². The van der Waals surface area contributed by atoms with Crippen LogP contribution in [0, 0.1) is 12.3 Å². The molecule has 0 fully saturated rings. The van der Waals surface area contributed by atoms with Crippen LogP contribution in [0.1, 0.15) is 28.0 Å². The normalized spacial score (nSPS) is 11.6. The lowest BCUT2D eigenvalue weighted by atomic mass is 10.00. The molecule has 3 heterocycles. The zero-order valence-electron chi connectivity index (χ0n) is 19.5. The molecule has 13 heteroatoms. The summed E-state index contributed by atoms with van der Waals surface area (Å²) in [6.07, 6.45) is 0.909. The topological polar surface area (TPSA) is 146 Å². The number of thioether (sulfide) groups is 1. The molecule has 3 aromatic rings. The van der Waals surface area contributed by atoms with E-state index in [4.69, 9.17) is 20.6 Å². The molecule has 3 rings (SSSR count). The van der Waals surface area contributed by atoms with Crippen LogP contribution in [0.4, 0.5) is 8.78 Å². The standard InChI is InChI=1S/C23H22F2N6O4S/c1-12-4-5-31(20(32)6-12)19-8-13(14-7-16(21(24)25)28-10-17(14)35-3)15(9-29-19)22(33)30-23(27)36-18(26)11-34-2/h4-10,21,26H,11H2,1-3H3,(H2,27,30,33). The first-order valence-electron chi connectivity index (χ1n) is 10.3. The molecule has 0 saturated heterocycles. The number of pyridine rings is 3. The molecular formula is C23H22F2N6O4S. The quantitative estimate of drug-likeness (QED) is 0.359. The second-order valence-electron chi connectivity index (χ2n) is 7.32. The number of hydrogen-bond acceptors (Lipinski definition) is 8.